The lowest BCUT2D eigenvalue weighted by atomic mass is 10.1. The van der Waals surface area contributed by atoms with E-state index in [1.807, 2.05) is 24.3 Å². The van der Waals surface area contributed by atoms with Crippen molar-refractivity contribution in [2.24, 2.45) is 0 Å². The molecule has 0 spiro atoms. The van der Waals surface area contributed by atoms with Gasteiger partial charge in [0.1, 0.15) is 6.26 Å². The normalized spacial score (nSPS) is 14.6. The third-order valence-electron chi connectivity index (χ3n) is 4.16. The summed E-state index contributed by atoms with van der Waals surface area (Å²) < 4.78 is 13.1. The van der Waals surface area contributed by atoms with Gasteiger partial charge in [-0.05, 0) is 37.6 Å². The molecular formula is C19H18ClN3O2S2. The maximum absolute atomic E-state index is 6.46. The van der Waals surface area contributed by atoms with Crippen LogP contribution in [0.5, 0.6) is 0 Å². The van der Waals surface area contributed by atoms with Gasteiger partial charge in [0.2, 0.25) is 6.79 Å². The molecule has 3 aromatic rings. The first-order valence-corrected chi connectivity index (χ1v) is 10.6. The highest BCUT2D eigenvalue weighted by Gasteiger charge is 2.28. The number of hydrogen-bond acceptors (Lipinski definition) is 6. The monoisotopic (exact) mass is 419 g/mol. The molecule has 0 N–H and O–H groups in total. The fourth-order valence-electron chi connectivity index (χ4n) is 2.86. The summed E-state index contributed by atoms with van der Waals surface area (Å²) >= 11 is 9.74. The van der Waals surface area contributed by atoms with Crippen molar-refractivity contribution in [3.63, 3.8) is 0 Å². The summed E-state index contributed by atoms with van der Waals surface area (Å²) in [6, 6.07) is 12.0. The highest BCUT2D eigenvalue weighted by atomic mass is 35.5. The molecule has 1 atom stereocenters. The molecule has 0 radical (unpaired) electrons. The lowest BCUT2D eigenvalue weighted by Gasteiger charge is -2.18. The van der Waals surface area contributed by atoms with Crippen molar-refractivity contribution in [1.82, 2.24) is 14.8 Å². The molecule has 0 saturated carbocycles. The Morgan fingerprint density at radius 3 is 2.78 bits per heavy atom. The number of halogens is 1. The molecule has 3 heterocycles. The molecule has 140 valence electrons. The van der Waals surface area contributed by atoms with Gasteiger partial charge in [-0.1, -0.05) is 41.6 Å². The van der Waals surface area contributed by atoms with Gasteiger partial charge in [0, 0.05) is 16.4 Å². The van der Waals surface area contributed by atoms with E-state index in [0.29, 0.717) is 5.02 Å². The van der Waals surface area contributed by atoms with Crippen molar-refractivity contribution in [3.05, 3.63) is 63.9 Å². The van der Waals surface area contributed by atoms with Crippen LogP contribution in [0.3, 0.4) is 0 Å². The van der Waals surface area contributed by atoms with Gasteiger partial charge in [-0.3, -0.25) is 0 Å². The summed E-state index contributed by atoms with van der Waals surface area (Å²) in [5, 5.41) is 10.2. The number of benzene rings is 1. The van der Waals surface area contributed by atoms with Crippen molar-refractivity contribution in [3.8, 4) is 10.7 Å². The number of thioether (sulfide) groups is 1. The number of aryl methyl sites for hydroxylation is 1. The number of hydrogen-bond donors (Lipinski definition) is 0. The van der Waals surface area contributed by atoms with E-state index in [1.54, 1.807) is 29.4 Å². The molecule has 1 aliphatic heterocycles. The van der Waals surface area contributed by atoms with Gasteiger partial charge in [-0.25, -0.2) is 0 Å². The third kappa shape index (κ3) is 3.72. The lowest BCUT2D eigenvalue weighted by molar-refractivity contribution is 0.0787. The quantitative estimate of drug-likeness (QED) is 0.482. The second-order valence-electron chi connectivity index (χ2n) is 5.93. The molecule has 0 fully saturated rings. The highest BCUT2D eigenvalue weighted by molar-refractivity contribution is 7.99. The van der Waals surface area contributed by atoms with E-state index in [2.05, 4.69) is 40.7 Å². The Kier molecular flexibility index (Phi) is 5.43. The zero-order chi connectivity index (χ0) is 18.8. The van der Waals surface area contributed by atoms with Crippen LogP contribution in [0.1, 0.15) is 22.6 Å². The molecule has 27 heavy (non-hydrogen) atoms. The summed E-state index contributed by atoms with van der Waals surface area (Å²) in [6.07, 6.45) is 1.65. The first-order valence-electron chi connectivity index (χ1n) is 8.53. The van der Waals surface area contributed by atoms with E-state index < -0.39 is 0 Å². The SMILES string of the molecule is CCn1c(SC(C2=COCO2)c2ccccc2Cl)nnc1-c1ccc(C)s1. The number of rotatable bonds is 6. The number of thiophene rings is 1. The molecule has 2 aromatic heterocycles. The van der Waals surface area contributed by atoms with Crippen LogP contribution >= 0.6 is 34.7 Å². The van der Waals surface area contributed by atoms with Gasteiger partial charge < -0.3 is 14.0 Å². The van der Waals surface area contributed by atoms with Crippen molar-refractivity contribution in [1.29, 1.82) is 0 Å². The molecular weight excluding hydrogens is 402 g/mol. The third-order valence-corrected chi connectivity index (χ3v) is 6.73. The zero-order valence-electron chi connectivity index (χ0n) is 14.9. The molecule has 1 aliphatic rings. The van der Waals surface area contributed by atoms with Gasteiger partial charge in [0.25, 0.3) is 0 Å². The van der Waals surface area contributed by atoms with Gasteiger partial charge in [-0.2, -0.15) is 0 Å². The van der Waals surface area contributed by atoms with Crippen LogP contribution in [-0.2, 0) is 16.0 Å². The lowest BCUT2D eigenvalue weighted by Crippen LogP contribution is -2.04. The Hall–Kier alpha value is -1.96. The molecule has 5 nitrogen and oxygen atoms in total. The van der Waals surface area contributed by atoms with E-state index in [-0.39, 0.29) is 12.0 Å². The molecule has 1 aromatic carbocycles. The molecule has 0 aliphatic carbocycles. The van der Waals surface area contributed by atoms with Crippen LogP contribution in [0, 0.1) is 6.92 Å². The predicted molar refractivity (Wildman–Crippen MR) is 109 cm³/mol. The molecule has 4 rings (SSSR count). The molecule has 0 bridgehead atoms. The van der Waals surface area contributed by atoms with Gasteiger partial charge >= 0.3 is 0 Å². The topological polar surface area (TPSA) is 49.2 Å². The highest BCUT2D eigenvalue weighted by Crippen LogP contribution is 2.44. The number of ether oxygens (including phenoxy) is 2. The van der Waals surface area contributed by atoms with Gasteiger partial charge in [0.05, 0.1) is 10.1 Å². The van der Waals surface area contributed by atoms with Crippen molar-refractivity contribution in [2.75, 3.05) is 6.79 Å². The predicted octanol–water partition coefficient (Wildman–Crippen LogP) is 5.67. The Balaban J connectivity index is 1.72. The minimum atomic E-state index is -0.159. The Labute approximate surface area is 171 Å². The Morgan fingerprint density at radius 1 is 1.26 bits per heavy atom. The van der Waals surface area contributed by atoms with E-state index in [9.17, 15) is 0 Å². The molecule has 0 saturated heterocycles. The van der Waals surface area contributed by atoms with Crippen molar-refractivity contribution < 1.29 is 9.47 Å². The summed E-state index contributed by atoms with van der Waals surface area (Å²) in [5.74, 6) is 1.61. The van der Waals surface area contributed by atoms with Crippen molar-refractivity contribution >= 4 is 34.7 Å². The first kappa shape index (κ1) is 18.4. The zero-order valence-corrected chi connectivity index (χ0v) is 17.3. The molecule has 1 unspecified atom stereocenters. The first-order chi connectivity index (χ1) is 13.2. The number of aromatic nitrogens is 3. The molecule has 8 heteroatoms. The van der Waals surface area contributed by atoms with Crippen LogP contribution in [0.4, 0.5) is 0 Å². The van der Waals surface area contributed by atoms with Gasteiger partial charge in [0.15, 0.2) is 16.7 Å². The van der Waals surface area contributed by atoms with Crippen LogP contribution in [0.2, 0.25) is 5.02 Å². The average Bonchev–Trinajstić information content (AvgIpc) is 3.41. The standard InChI is InChI=1S/C19H18ClN3O2S2/c1-3-23-18(16-9-8-12(2)26-16)21-22-19(23)27-17(15-10-24-11-25-15)13-6-4-5-7-14(13)20/h4-10,17H,3,11H2,1-2H3. The van der Waals surface area contributed by atoms with E-state index in [0.717, 1.165) is 33.7 Å². The van der Waals surface area contributed by atoms with Crippen LogP contribution in [-0.4, -0.2) is 21.6 Å². The minimum absolute atomic E-state index is 0.159. The Bertz CT molecular complexity index is 983. The maximum Gasteiger partial charge on any atom is 0.229 e. The number of nitrogens with zero attached hydrogens (tertiary/aromatic N) is 3. The summed E-state index contributed by atoms with van der Waals surface area (Å²) in [4.78, 5) is 2.36. The van der Waals surface area contributed by atoms with E-state index in [1.165, 1.54) is 4.88 Å². The second-order valence-corrected chi connectivity index (χ2v) is 8.70. The maximum atomic E-state index is 6.46. The summed E-state index contributed by atoms with van der Waals surface area (Å²) in [5.41, 5.74) is 0.958. The van der Waals surface area contributed by atoms with Crippen LogP contribution in [0.25, 0.3) is 10.7 Å². The fraction of sp³-hybridized carbons (Fsp3) is 0.263. The minimum Gasteiger partial charge on any atom is -0.462 e. The van der Waals surface area contributed by atoms with E-state index >= 15 is 0 Å². The van der Waals surface area contributed by atoms with Crippen LogP contribution in [0.15, 0.2) is 53.6 Å². The fourth-order valence-corrected chi connectivity index (χ4v) is 5.24. The smallest absolute Gasteiger partial charge is 0.229 e. The van der Waals surface area contributed by atoms with Crippen LogP contribution < -0.4 is 0 Å². The van der Waals surface area contributed by atoms with E-state index in [4.69, 9.17) is 21.1 Å². The summed E-state index contributed by atoms with van der Waals surface area (Å²) in [7, 11) is 0. The largest absolute Gasteiger partial charge is 0.462 e. The Morgan fingerprint density at radius 2 is 2.11 bits per heavy atom. The van der Waals surface area contributed by atoms with Gasteiger partial charge in [-0.15, -0.1) is 21.5 Å². The molecule has 0 amide bonds. The summed E-state index contributed by atoms with van der Waals surface area (Å²) in [6.45, 7) is 5.18. The second kappa shape index (κ2) is 7.96. The van der Waals surface area contributed by atoms with Crippen molar-refractivity contribution in [2.45, 2.75) is 30.8 Å². The average molecular weight is 420 g/mol.